The van der Waals surface area contributed by atoms with E-state index in [0.717, 1.165) is 58.3 Å². The lowest BCUT2D eigenvalue weighted by atomic mass is 9.99. The molecule has 3 saturated heterocycles. The zero-order valence-electron chi connectivity index (χ0n) is 12.7. The van der Waals surface area contributed by atoms with Crippen molar-refractivity contribution in [3.05, 3.63) is 0 Å². The van der Waals surface area contributed by atoms with Crippen LogP contribution >= 0.6 is 0 Å². The van der Waals surface area contributed by atoms with Crippen molar-refractivity contribution in [2.45, 2.75) is 25.8 Å². The molecule has 0 bridgehead atoms. The highest BCUT2D eigenvalue weighted by molar-refractivity contribution is 5.78. The predicted molar refractivity (Wildman–Crippen MR) is 79.6 cm³/mol. The lowest BCUT2D eigenvalue weighted by Crippen LogP contribution is -2.64. The van der Waals surface area contributed by atoms with E-state index in [0.29, 0.717) is 18.5 Å². The number of rotatable bonds is 3. The zero-order chi connectivity index (χ0) is 13.9. The number of nitrogens with one attached hydrogen (secondary N) is 1. The minimum absolute atomic E-state index is 0.343. The standard InChI is InChI=1S/C15H28N4O/c1-13-2-6-19(7-3-13)15(20)12-17-10-14(11-17)18-8-4-16-5-9-18/h13-14,16H,2-12H2,1H3. The van der Waals surface area contributed by atoms with Gasteiger partial charge in [-0.05, 0) is 18.8 Å². The molecule has 0 spiro atoms. The minimum Gasteiger partial charge on any atom is -0.342 e. The largest absolute Gasteiger partial charge is 0.342 e. The van der Waals surface area contributed by atoms with E-state index >= 15 is 0 Å². The van der Waals surface area contributed by atoms with Crippen molar-refractivity contribution in [3.63, 3.8) is 0 Å². The molecule has 0 aromatic carbocycles. The second-order valence-electron chi connectivity index (χ2n) is 6.70. The molecule has 1 N–H and O–H groups in total. The van der Waals surface area contributed by atoms with Crippen molar-refractivity contribution >= 4 is 5.91 Å². The van der Waals surface area contributed by atoms with Crippen LogP contribution in [0.5, 0.6) is 0 Å². The molecule has 0 aromatic heterocycles. The van der Waals surface area contributed by atoms with Crippen molar-refractivity contribution in [2.75, 3.05) is 58.9 Å². The Labute approximate surface area is 122 Å². The van der Waals surface area contributed by atoms with Gasteiger partial charge in [0.25, 0.3) is 0 Å². The molecule has 0 unspecified atom stereocenters. The predicted octanol–water partition coefficient (Wildman–Crippen LogP) is -0.166. The molecule has 3 heterocycles. The van der Waals surface area contributed by atoms with E-state index in [1.54, 1.807) is 0 Å². The van der Waals surface area contributed by atoms with E-state index in [4.69, 9.17) is 0 Å². The summed E-state index contributed by atoms with van der Waals surface area (Å²) in [6.07, 6.45) is 2.35. The Balaban J connectivity index is 1.36. The van der Waals surface area contributed by atoms with E-state index in [-0.39, 0.29) is 0 Å². The van der Waals surface area contributed by atoms with Gasteiger partial charge in [-0.2, -0.15) is 0 Å². The molecular formula is C15H28N4O. The summed E-state index contributed by atoms with van der Waals surface area (Å²) in [4.78, 5) is 19.2. The van der Waals surface area contributed by atoms with E-state index in [2.05, 4.69) is 26.9 Å². The van der Waals surface area contributed by atoms with Gasteiger partial charge in [-0.25, -0.2) is 0 Å². The molecule has 0 saturated carbocycles. The van der Waals surface area contributed by atoms with E-state index in [1.807, 2.05) is 0 Å². The Morgan fingerprint density at radius 3 is 2.40 bits per heavy atom. The lowest BCUT2D eigenvalue weighted by Gasteiger charge is -2.47. The maximum Gasteiger partial charge on any atom is 0.236 e. The number of carbonyl (C=O) groups excluding carboxylic acids is 1. The summed E-state index contributed by atoms with van der Waals surface area (Å²) < 4.78 is 0. The van der Waals surface area contributed by atoms with Gasteiger partial charge in [0.05, 0.1) is 6.54 Å². The van der Waals surface area contributed by atoms with Gasteiger partial charge >= 0.3 is 0 Å². The first kappa shape index (κ1) is 14.3. The van der Waals surface area contributed by atoms with E-state index in [9.17, 15) is 4.79 Å². The number of amides is 1. The quantitative estimate of drug-likeness (QED) is 0.779. The molecule has 5 nitrogen and oxygen atoms in total. The molecule has 3 fully saturated rings. The summed E-state index contributed by atoms with van der Waals surface area (Å²) >= 11 is 0. The van der Waals surface area contributed by atoms with Crippen molar-refractivity contribution in [2.24, 2.45) is 5.92 Å². The average Bonchev–Trinajstić information content (AvgIpc) is 2.44. The van der Waals surface area contributed by atoms with E-state index in [1.165, 1.54) is 12.8 Å². The van der Waals surface area contributed by atoms with Gasteiger partial charge in [0.15, 0.2) is 0 Å². The summed E-state index contributed by atoms with van der Waals surface area (Å²) in [7, 11) is 0. The Bertz CT molecular complexity index is 329. The first-order valence-corrected chi connectivity index (χ1v) is 8.17. The average molecular weight is 280 g/mol. The molecule has 5 heteroatoms. The molecule has 3 aliphatic heterocycles. The Kier molecular flexibility index (Phi) is 4.58. The fourth-order valence-corrected chi connectivity index (χ4v) is 3.50. The number of hydrogen-bond donors (Lipinski definition) is 1. The fourth-order valence-electron chi connectivity index (χ4n) is 3.50. The smallest absolute Gasteiger partial charge is 0.236 e. The summed E-state index contributed by atoms with van der Waals surface area (Å²) in [6, 6.07) is 0.686. The first-order valence-electron chi connectivity index (χ1n) is 8.17. The number of likely N-dealkylation sites (tertiary alicyclic amines) is 2. The van der Waals surface area contributed by atoms with Gasteiger partial charge in [-0.1, -0.05) is 6.92 Å². The van der Waals surface area contributed by atoms with Crippen LogP contribution < -0.4 is 5.32 Å². The monoisotopic (exact) mass is 280 g/mol. The molecule has 0 atom stereocenters. The summed E-state index contributed by atoms with van der Waals surface area (Å²) in [5.74, 6) is 1.14. The minimum atomic E-state index is 0.343. The fraction of sp³-hybridized carbons (Fsp3) is 0.933. The molecular weight excluding hydrogens is 252 g/mol. The Morgan fingerprint density at radius 1 is 1.10 bits per heavy atom. The second-order valence-corrected chi connectivity index (χ2v) is 6.70. The molecule has 20 heavy (non-hydrogen) atoms. The third kappa shape index (κ3) is 3.32. The Morgan fingerprint density at radius 2 is 1.75 bits per heavy atom. The van der Waals surface area contributed by atoms with Gasteiger partial charge in [-0.15, -0.1) is 0 Å². The zero-order valence-corrected chi connectivity index (χ0v) is 12.7. The van der Waals surface area contributed by atoms with Gasteiger partial charge < -0.3 is 10.2 Å². The number of carbonyl (C=O) groups is 1. The molecule has 114 valence electrons. The van der Waals surface area contributed by atoms with Crippen molar-refractivity contribution in [1.29, 1.82) is 0 Å². The SMILES string of the molecule is CC1CCN(C(=O)CN2CC(N3CCNCC3)C2)CC1. The van der Waals surface area contributed by atoms with Gasteiger partial charge in [-0.3, -0.25) is 14.6 Å². The van der Waals surface area contributed by atoms with Crippen LogP contribution in [0.1, 0.15) is 19.8 Å². The molecule has 0 aliphatic carbocycles. The van der Waals surface area contributed by atoms with Crippen molar-refractivity contribution in [3.8, 4) is 0 Å². The van der Waals surface area contributed by atoms with Crippen LogP contribution in [0.3, 0.4) is 0 Å². The highest BCUT2D eigenvalue weighted by Gasteiger charge is 2.34. The molecule has 3 aliphatic rings. The van der Waals surface area contributed by atoms with Crippen LogP contribution in [0.2, 0.25) is 0 Å². The molecule has 0 radical (unpaired) electrons. The molecule has 3 rings (SSSR count). The van der Waals surface area contributed by atoms with Crippen LogP contribution in [0.4, 0.5) is 0 Å². The first-order chi connectivity index (χ1) is 9.72. The third-order valence-electron chi connectivity index (χ3n) is 5.10. The summed E-state index contributed by atoms with van der Waals surface area (Å²) in [5, 5.41) is 3.39. The van der Waals surface area contributed by atoms with Crippen molar-refractivity contribution in [1.82, 2.24) is 20.0 Å². The van der Waals surface area contributed by atoms with Crippen molar-refractivity contribution < 1.29 is 4.79 Å². The number of piperidine rings is 1. The number of piperazine rings is 1. The topological polar surface area (TPSA) is 38.8 Å². The lowest BCUT2D eigenvalue weighted by molar-refractivity contribution is -0.135. The summed E-state index contributed by atoms with van der Waals surface area (Å²) in [6.45, 7) is 11.6. The molecule has 1 amide bonds. The highest BCUT2D eigenvalue weighted by atomic mass is 16.2. The van der Waals surface area contributed by atoms with Crippen LogP contribution in [0, 0.1) is 5.92 Å². The number of nitrogens with zero attached hydrogens (tertiary/aromatic N) is 3. The van der Waals surface area contributed by atoms with Crippen LogP contribution in [0.15, 0.2) is 0 Å². The maximum absolute atomic E-state index is 12.3. The van der Waals surface area contributed by atoms with Gasteiger partial charge in [0, 0.05) is 58.4 Å². The second kappa shape index (κ2) is 6.41. The van der Waals surface area contributed by atoms with Gasteiger partial charge in [0.2, 0.25) is 5.91 Å². The Hall–Kier alpha value is -0.650. The summed E-state index contributed by atoms with van der Waals surface area (Å²) in [5.41, 5.74) is 0. The van der Waals surface area contributed by atoms with Crippen LogP contribution in [0.25, 0.3) is 0 Å². The van der Waals surface area contributed by atoms with Crippen LogP contribution in [-0.4, -0.2) is 85.6 Å². The third-order valence-corrected chi connectivity index (χ3v) is 5.10. The van der Waals surface area contributed by atoms with Crippen LogP contribution in [-0.2, 0) is 4.79 Å². The molecule has 0 aromatic rings. The maximum atomic E-state index is 12.3. The highest BCUT2D eigenvalue weighted by Crippen LogP contribution is 2.18. The number of hydrogen-bond acceptors (Lipinski definition) is 4. The normalized spacial score (nSPS) is 27.6. The van der Waals surface area contributed by atoms with E-state index < -0.39 is 0 Å². The van der Waals surface area contributed by atoms with Gasteiger partial charge in [0.1, 0.15) is 0 Å².